The average molecular weight is 226 g/mol. The van der Waals surface area contributed by atoms with Gasteiger partial charge in [-0.15, -0.1) is 0 Å². The van der Waals surface area contributed by atoms with Gasteiger partial charge in [-0.2, -0.15) is 0 Å². The van der Waals surface area contributed by atoms with Crippen LogP contribution >= 0.6 is 0 Å². The van der Waals surface area contributed by atoms with Crippen LogP contribution in [0, 0.1) is 5.92 Å². The van der Waals surface area contributed by atoms with Crippen molar-refractivity contribution in [1.82, 2.24) is 9.55 Å². The van der Waals surface area contributed by atoms with Gasteiger partial charge in [0.05, 0.1) is 0 Å². The zero-order valence-electron chi connectivity index (χ0n) is 10.00. The SMILES string of the molecule is CC(C)C(C)Nc1c(N)n(C)c(=O)[nH]c1=O. The lowest BCUT2D eigenvalue weighted by Gasteiger charge is -2.19. The summed E-state index contributed by atoms with van der Waals surface area (Å²) in [6, 6.07) is 0.0981. The van der Waals surface area contributed by atoms with Crippen molar-refractivity contribution < 1.29 is 0 Å². The highest BCUT2D eigenvalue weighted by Gasteiger charge is 2.14. The van der Waals surface area contributed by atoms with Gasteiger partial charge in [0.1, 0.15) is 11.5 Å². The summed E-state index contributed by atoms with van der Waals surface area (Å²) in [5, 5.41) is 3.02. The second-order valence-corrected chi connectivity index (χ2v) is 4.26. The molecule has 0 spiro atoms. The van der Waals surface area contributed by atoms with Crippen molar-refractivity contribution in [2.75, 3.05) is 11.1 Å². The van der Waals surface area contributed by atoms with Crippen molar-refractivity contribution in [3.8, 4) is 0 Å². The molecule has 0 aliphatic heterocycles. The molecule has 0 amide bonds. The lowest BCUT2D eigenvalue weighted by atomic mass is 10.1. The Morgan fingerprint density at radius 2 is 1.88 bits per heavy atom. The fourth-order valence-corrected chi connectivity index (χ4v) is 1.17. The third kappa shape index (κ3) is 2.26. The highest BCUT2D eigenvalue weighted by atomic mass is 16.2. The van der Waals surface area contributed by atoms with E-state index in [4.69, 9.17) is 5.73 Å². The summed E-state index contributed by atoms with van der Waals surface area (Å²) in [4.78, 5) is 25.0. The lowest BCUT2D eigenvalue weighted by molar-refractivity contribution is 0.558. The number of rotatable bonds is 3. The van der Waals surface area contributed by atoms with Gasteiger partial charge in [-0.25, -0.2) is 4.79 Å². The Morgan fingerprint density at radius 1 is 1.31 bits per heavy atom. The van der Waals surface area contributed by atoms with E-state index in [0.717, 1.165) is 0 Å². The molecule has 1 atom stereocenters. The number of anilines is 2. The Morgan fingerprint density at radius 3 is 2.38 bits per heavy atom. The molecule has 0 fully saturated rings. The molecule has 0 aliphatic rings. The minimum atomic E-state index is -0.509. The Kier molecular flexibility index (Phi) is 3.41. The fraction of sp³-hybridized carbons (Fsp3) is 0.600. The van der Waals surface area contributed by atoms with Gasteiger partial charge < -0.3 is 11.1 Å². The maximum Gasteiger partial charge on any atom is 0.329 e. The summed E-state index contributed by atoms with van der Waals surface area (Å²) in [6.45, 7) is 6.02. The molecule has 0 aliphatic carbocycles. The van der Waals surface area contributed by atoms with Gasteiger partial charge in [0, 0.05) is 13.1 Å². The minimum absolute atomic E-state index is 0.0981. The first-order valence-corrected chi connectivity index (χ1v) is 5.20. The normalized spacial score (nSPS) is 12.8. The smallest absolute Gasteiger partial charge is 0.329 e. The molecule has 6 heteroatoms. The molecule has 0 saturated carbocycles. The number of hydrogen-bond donors (Lipinski definition) is 3. The number of nitrogens with two attached hydrogens (primary N) is 1. The van der Waals surface area contributed by atoms with E-state index < -0.39 is 11.2 Å². The van der Waals surface area contributed by atoms with Gasteiger partial charge in [0.2, 0.25) is 0 Å². The molecule has 1 heterocycles. The number of H-pyrrole nitrogens is 1. The van der Waals surface area contributed by atoms with E-state index in [2.05, 4.69) is 10.3 Å². The lowest BCUT2D eigenvalue weighted by Crippen LogP contribution is -2.35. The molecular formula is C10H18N4O2. The number of hydrogen-bond acceptors (Lipinski definition) is 4. The topological polar surface area (TPSA) is 92.9 Å². The summed E-state index contributed by atoms with van der Waals surface area (Å²) < 4.78 is 1.21. The number of nitrogen functional groups attached to an aromatic ring is 1. The van der Waals surface area contributed by atoms with E-state index in [-0.39, 0.29) is 17.5 Å². The van der Waals surface area contributed by atoms with E-state index in [9.17, 15) is 9.59 Å². The van der Waals surface area contributed by atoms with Crippen LogP contribution < -0.4 is 22.3 Å². The van der Waals surface area contributed by atoms with Crippen LogP contribution in [-0.2, 0) is 7.05 Å². The fourth-order valence-electron chi connectivity index (χ4n) is 1.17. The van der Waals surface area contributed by atoms with Crippen molar-refractivity contribution >= 4 is 11.5 Å². The molecule has 90 valence electrons. The third-order valence-corrected chi connectivity index (χ3v) is 2.74. The number of nitrogens with zero attached hydrogens (tertiary/aromatic N) is 1. The summed E-state index contributed by atoms with van der Waals surface area (Å²) in [7, 11) is 1.51. The van der Waals surface area contributed by atoms with Gasteiger partial charge in [-0.3, -0.25) is 14.3 Å². The van der Waals surface area contributed by atoms with Gasteiger partial charge in [0.15, 0.2) is 0 Å². The molecule has 0 bridgehead atoms. The molecule has 1 unspecified atom stereocenters. The summed E-state index contributed by atoms with van der Waals surface area (Å²) in [6.07, 6.45) is 0. The molecule has 0 saturated heterocycles. The Bertz CT molecular complexity index is 487. The maximum atomic E-state index is 11.6. The highest BCUT2D eigenvalue weighted by Crippen LogP contribution is 2.13. The Balaban J connectivity index is 3.20. The van der Waals surface area contributed by atoms with Crippen LogP contribution in [0.15, 0.2) is 9.59 Å². The predicted octanol–water partition coefficient (Wildman–Crippen LogP) is 0.112. The number of nitrogens with one attached hydrogen (secondary N) is 2. The molecule has 6 nitrogen and oxygen atoms in total. The van der Waals surface area contributed by atoms with Gasteiger partial charge >= 0.3 is 5.69 Å². The van der Waals surface area contributed by atoms with Gasteiger partial charge in [0.25, 0.3) is 5.56 Å². The van der Waals surface area contributed by atoms with Crippen molar-refractivity contribution in [2.45, 2.75) is 26.8 Å². The predicted molar refractivity (Wildman–Crippen MR) is 64.6 cm³/mol. The maximum absolute atomic E-state index is 11.6. The number of aromatic nitrogens is 2. The van der Waals surface area contributed by atoms with E-state index in [1.165, 1.54) is 11.6 Å². The summed E-state index contributed by atoms with van der Waals surface area (Å²) in [5.74, 6) is 0.511. The van der Waals surface area contributed by atoms with E-state index in [0.29, 0.717) is 5.92 Å². The highest BCUT2D eigenvalue weighted by molar-refractivity contribution is 5.60. The second-order valence-electron chi connectivity index (χ2n) is 4.26. The molecule has 4 N–H and O–H groups in total. The monoisotopic (exact) mass is 226 g/mol. The summed E-state index contributed by atoms with van der Waals surface area (Å²) >= 11 is 0. The van der Waals surface area contributed by atoms with Crippen LogP contribution in [0.3, 0.4) is 0 Å². The van der Waals surface area contributed by atoms with Crippen molar-refractivity contribution in [3.63, 3.8) is 0 Å². The van der Waals surface area contributed by atoms with Crippen LogP contribution in [0.2, 0.25) is 0 Å². The molecule has 1 aromatic rings. The quantitative estimate of drug-likeness (QED) is 0.682. The molecule has 0 aromatic carbocycles. The first kappa shape index (κ1) is 12.4. The average Bonchev–Trinajstić information content (AvgIpc) is 2.20. The Labute approximate surface area is 93.5 Å². The molecule has 1 aromatic heterocycles. The molecule has 16 heavy (non-hydrogen) atoms. The van der Waals surface area contributed by atoms with Gasteiger partial charge in [-0.1, -0.05) is 13.8 Å². The first-order valence-electron chi connectivity index (χ1n) is 5.20. The van der Waals surface area contributed by atoms with E-state index in [1.54, 1.807) is 0 Å². The third-order valence-electron chi connectivity index (χ3n) is 2.74. The molecule has 1 rings (SSSR count). The largest absolute Gasteiger partial charge is 0.383 e. The van der Waals surface area contributed by atoms with E-state index in [1.807, 2.05) is 20.8 Å². The van der Waals surface area contributed by atoms with Crippen molar-refractivity contribution in [3.05, 3.63) is 20.8 Å². The zero-order valence-corrected chi connectivity index (χ0v) is 10.00. The van der Waals surface area contributed by atoms with Crippen LogP contribution in [0.4, 0.5) is 11.5 Å². The van der Waals surface area contributed by atoms with Crippen molar-refractivity contribution in [1.29, 1.82) is 0 Å². The second kappa shape index (κ2) is 4.42. The van der Waals surface area contributed by atoms with Crippen LogP contribution in [0.25, 0.3) is 0 Å². The standard InChI is InChI=1S/C10H18N4O2/c1-5(2)6(3)12-7-8(11)14(4)10(16)13-9(7)15/h5-6,12H,11H2,1-4H3,(H,13,15,16). The van der Waals surface area contributed by atoms with Crippen molar-refractivity contribution in [2.24, 2.45) is 13.0 Å². The Hall–Kier alpha value is -1.72. The van der Waals surface area contributed by atoms with Crippen LogP contribution in [0.1, 0.15) is 20.8 Å². The minimum Gasteiger partial charge on any atom is -0.383 e. The molecule has 0 radical (unpaired) electrons. The van der Waals surface area contributed by atoms with Crippen LogP contribution in [-0.4, -0.2) is 15.6 Å². The summed E-state index contributed by atoms with van der Waals surface area (Å²) in [5.41, 5.74) is 4.98. The first-order chi connectivity index (χ1) is 7.34. The van der Waals surface area contributed by atoms with E-state index >= 15 is 0 Å². The molecular weight excluding hydrogens is 208 g/mol. The number of aromatic amines is 1. The zero-order chi connectivity index (χ0) is 12.5. The van der Waals surface area contributed by atoms with Gasteiger partial charge in [-0.05, 0) is 12.8 Å². The van der Waals surface area contributed by atoms with Crippen LogP contribution in [0.5, 0.6) is 0 Å².